The van der Waals surface area contributed by atoms with Crippen LogP contribution in [0.3, 0.4) is 0 Å². The first-order chi connectivity index (χ1) is 6.77. The molecular formula is C9H11F3O3. The highest BCUT2D eigenvalue weighted by molar-refractivity contribution is 5.87. The predicted octanol–water partition coefficient (Wildman–Crippen LogP) is 1.83. The van der Waals surface area contributed by atoms with Gasteiger partial charge in [-0.05, 0) is 13.8 Å². The first kappa shape index (κ1) is 12.0. The maximum Gasteiger partial charge on any atom is 0.392 e. The number of hydrogen-bond acceptors (Lipinski definition) is 3. The summed E-state index contributed by atoms with van der Waals surface area (Å²) in [4.78, 5) is 11.0. The van der Waals surface area contributed by atoms with Crippen molar-refractivity contribution in [1.82, 2.24) is 0 Å². The summed E-state index contributed by atoms with van der Waals surface area (Å²) in [7, 11) is 0. The van der Waals surface area contributed by atoms with E-state index in [1.807, 2.05) is 0 Å². The fourth-order valence-corrected chi connectivity index (χ4v) is 1.09. The van der Waals surface area contributed by atoms with Crippen molar-refractivity contribution in [3.05, 3.63) is 12.2 Å². The first-order valence-corrected chi connectivity index (χ1v) is 4.27. The summed E-state index contributed by atoms with van der Waals surface area (Å²) in [5, 5.41) is 0. The van der Waals surface area contributed by atoms with Gasteiger partial charge in [0.2, 0.25) is 5.60 Å². The summed E-state index contributed by atoms with van der Waals surface area (Å²) >= 11 is 0. The van der Waals surface area contributed by atoms with Gasteiger partial charge in [0.15, 0.2) is 0 Å². The molecule has 6 heteroatoms. The van der Waals surface area contributed by atoms with Gasteiger partial charge < -0.3 is 4.74 Å². The maximum atomic E-state index is 12.7. The summed E-state index contributed by atoms with van der Waals surface area (Å²) in [5.74, 6) is -0.846. The average Bonchev–Trinajstić information content (AvgIpc) is 2.69. The van der Waals surface area contributed by atoms with Crippen LogP contribution in [0.2, 0.25) is 0 Å². The van der Waals surface area contributed by atoms with Gasteiger partial charge in [-0.2, -0.15) is 8.78 Å². The normalized spacial score (nSPS) is 29.4. The van der Waals surface area contributed by atoms with Gasteiger partial charge in [-0.3, -0.25) is 4.74 Å². The molecule has 1 heterocycles. The number of carbonyl (C=O) groups is 1. The minimum Gasteiger partial charge on any atom is -0.456 e. The van der Waals surface area contributed by atoms with Crippen LogP contribution in [0.15, 0.2) is 12.2 Å². The molecule has 1 rings (SSSR count). The van der Waals surface area contributed by atoms with E-state index in [2.05, 4.69) is 16.1 Å². The Bertz CT molecular complexity index is 303. The number of epoxide rings is 1. The van der Waals surface area contributed by atoms with Crippen molar-refractivity contribution in [2.45, 2.75) is 31.7 Å². The van der Waals surface area contributed by atoms with Crippen LogP contribution < -0.4 is 0 Å². The van der Waals surface area contributed by atoms with Gasteiger partial charge in [0.05, 0.1) is 0 Å². The van der Waals surface area contributed by atoms with Gasteiger partial charge in [0, 0.05) is 5.57 Å². The van der Waals surface area contributed by atoms with Crippen LogP contribution in [0.4, 0.5) is 13.2 Å². The number of carbonyl (C=O) groups excluding carboxylic acids is 1. The van der Waals surface area contributed by atoms with Crippen LogP contribution in [-0.2, 0) is 14.3 Å². The highest BCUT2D eigenvalue weighted by Gasteiger charge is 2.78. The van der Waals surface area contributed by atoms with Gasteiger partial charge in [-0.25, -0.2) is 9.18 Å². The second kappa shape index (κ2) is 3.52. The molecule has 0 bridgehead atoms. The van der Waals surface area contributed by atoms with E-state index >= 15 is 0 Å². The molecule has 0 aliphatic carbocycles. The fraction of sp³-hybridized carbons (Fsp3) is 0.667. The third-order valence-electron chi connectivity index (χ3n) is 2.25. The van der Waals surface area contributed by atoms with Crippen molar-refractivity contribution in [1.29, 1.82) is 0 Å². The van der Waals surface area contributed by atoms with Crippen molar-refractivity contribution in [2.24, 2.45) is 0 Å². The van der Waals surface area contributed by atoms with Crippen molar-refractivity contribution in [3.63, 3.8) is 0 Å². The lowest BCUT2D eigenvalue weighted by molar-refractivity contribution is -0.147. The Kier molecular flexibility index (Phi) is 2.82. The molecule has 0 aromatic rings. The first-order valence-electron chi connectivity index (χ1n) is 4.27. The summed E-state index contributed by atoms with van der Waals surface area (Å²) in [6, 6.07) is 0. The number of alkyl halides is 3. The minimum atomic E-state index is -3.57. The molecule has 0 saturated carbocycles. The van der Waals surface area contributed by atoms with Crippen molar-refractivity contribution in [3.8, 4) is 0 Å². The molecule has 0 spiro atoms. The molecule has 0 amide bonds. The van der Waals surface area contributed by atoms with Crippen LogP contribution in [0.1, 0.15) is 13.8 Å². The van der Waals surface area contributed by atoms with Crippen molar-refractivity contribution >= 4 is 5.97 Å². The SMILES string of the molecule is C=C(C)C(=O)OC(C)C1(CF)OC1(F)F. The zero-order valence-electron chi connectivity index (χ0n) is 8.35. The number of rotatable bonds is 4. The Balaban J connectivity index is 2.66. The van der Waals surface area contributed by atoms with E-state index < -0.39 is 30.5 Å². The number of esters is 1. The summed E-state index contributed by atoms with van der Waals surface area (Å²) in [5.41, 5.74) is -2.27. The Labute approximate surface area is 84.8 Å². The van der Waals surface area contributed by atoms with E-state index in [-0.39, 0.29) is 5.57 Å². The van der Waals surface area contributed by atoms with E-state index in [0.29, 0.717) is 0 Å². The van der Waals surface area contributed by atoms with E-state index in [1.165, 1.54) is 6.92 Å². The standard InChI is InChI=1S/C9H11F3O3/c1-5(2)7(13)14-6(3)8(4-10)9(11,12)15-8/h6H,1,4H2,2-3H3. The number of halogens is 3. The van der Waals surface area contributed by atoms with Crippen molar-refractivity contribution < 1.29 is 27.4 Å². The van der Waals surface area contributed by atoms with Gasteiger partial charge in [0.1, 0.15) is 12.8 Å². The third kappa shape index (κ3) is 1.86. The molecule has 3 nitrogen and oxygen atoms in total. The summed E-state index contributed by atoms with van der Waals surface area (Å²) < 4.78 is 46.3. The van der Waals surface area contributed by atoms with Gasteiger partial charge in [-0.1, -0.05) is 6.58 Å². The second-order valence-corrected chi connectivity index (χ2v) is 3.47. The topological polar surface area (TPSA) is 38.8 Å². The number of ether oxygens (including phenoxy) is 2. The van der Waals surface area contributed by atoms with E-state index in [1.54, 1.807) is 0 Å². The molecule has 2 unspecified atom stereocenters. The number of hydrogen-bond donors (Lipinski definition) is 0. The maximum absolute atomic E-state index is 12.7. The second-order valence-electron chi connectivity index (χ2n) is 3.47. The average molecular weight is 224 g/mol. The molecule has 0 N–H and O–H groups in total. The molecule has 15 heavy (non-hydrogen) atoms. The quantitative estimate of drug-likeness (QED) is 0.415. The Morgan fingerprint density at radius 2 is 2.07 bits per heavy atom. The summed E-state index contributed by atoms with van der Waals surface area (Å²) in [6.45, 7) is 4.38. The lowest BCUT2D eigenvalue weighted by Crippen LogP contribution is -2.38. The van der Waals surface area contributed by atoms with Gasteiger partial charge >= 0.3 is 12.1 Å². The summed E-state index contributed by atoms with van der Waals surface area (Å²) in [6.07, 6.45) is -4.93. The van der Waals surface area contributed by atoms with Crippen LogP contribution in [0.5, 0.6) is 0 Å². The Hall–Kier alpha value is -1.04. The molecule has 86 valence electrons. The zero-order chi connectivity index (χ0) is 11.9. The smallest absolute Gasteiger partial charge is 0.392 e. The Morgan fingerprint density at radius 3 is 2.33 bits per heavy atom. The lowest BCUT2D eigenvalue weighted by atomic mass is 10.1. The van der Waals surface area contributed by atoms with Crippen LogP contribution >= 0.6 is 0 Å². The van der Waals surface area contributed by atoms with Crippen LogP contribution in [-0.4, -0.2) is 30.5 Å². The molecule has 1 aliphatic heterocycles. The van der Waals surface area contributed by atoms with Gasteiger partial charge in [-0.15, -0.1) is 0 Å². The zero-order valence-corrected chi connectivity index (χ0v) is 8.35. The Morgan fingerprint density at radius 1 is 1.60 bits per heavy atom. The largest absolute Gasteiger partial charge is 0.456 e. The van der Waals surface area contributed by atoms with E-state index in [4.69, 9.17) is 0 Å². The molecule has 0 radical (unpaired) electrons. The minimum absolute atomic E-state index is 0.0554. The van der Waals surface area contributed by atoms with Crippen LogP contribution in [0.25, 0.3) is 0 Å². The van der Waals surface area contributed by atoms with E-state index in [9.17, 15) is 18.0 Å². The highest BCUT2D eigenvalue weighted by Crippen LogP contribution is 2.54. The fourth-order valence-electron chi connectivity index (χ4n) is 1.09. The van der Waals surface area contributed by atoms with Crippen molar-refractivity contribution in [2.75, 3.05) is 6.67 Å². The van der Waals surface area contributed by atoms with Gasteiger partial charge in [0.25, 0.3) is 0 Å². The van der Waals surface area contributed by atoms with Crippen LogP contribution in [0, 0.1) is 0 Å². The monoisotopic (exact) mass is 224 g/mol. The molecule has 2 atom stereocenters. The predicted molar refractivity (Wildman–Crippen MR) is 45.1 cm³/mol. The lowest BCUT2D eigenvalue weighted by Gasteiger charge is -2.17. The molecule has 1 fully saturated rings. The highest BCUT2D eigenvalue weighted by atomic mass is 19.3. The molecule has 1 aliphatic rings. The third-order valence-corrected chi connectivity index (χ3v) is 2.25. The molecule has 1 saturated heterocycles. The molecule has 0 aromatic carbocycles. The molecular weight excluding hydrogens is 213 g/mol. The molecule has 0 aromatic heterocycles. The van der Waals surface area contributed by atoms with E-state index in [0.717, 1.165) is 6.92 Å².